The highest BCUT2D eigenvalue weighted by Crippen LogP contribution is 2.22. The molecule has 9 heteroatoms. The Kier molecular flexibility index (Phi) is 4.99. The van der Waals surface area contributed by atoms with Gasteiger partial charge < -0.3 is 0 Å². The van der Waals surface area contributed by atoms with Crippen molar-refractivity contribution in [1.82, 2.24) is 25.0 Å². The average molecular weight is 346 g/mol. The highest BCUT2D eigenvalue weighted by molar-refractivity contribution is 7.99. The summed E-state index contributed by atoms with van der Waals surface area (Å²) in [6, 6.07) is 9.88. The van der Waals surface area contributed by atoms with Crippen LogP contribution in [0, 0.1) is 0 Å². The van der Waals surface area contributed by atoms with E-state index in [1.807, 2.05) is 41.8 Å². The summed E-state index contributed by atoms with van der Waals surface area (Å²) in [5.41, 5.74) is 2.56. The molecular formula is C14H14N6OS2. The molecular weight excluding hydrogens is 332 g/mol. The second-order valence-corrected chi connectivity index (χ2v) is 6.28. The number of amides is 1. The second kappa shape index (κ2) is 7.34. The number of carbonyl (C=O) groups is 1. The van der Waals surface area contributed by atoms with Gasteiger partial charge in [0.25, 0.3) is 0 Å². The normalized spacial score (nSPS) is 10.7. The van der Waals surface area contributed by atoms with Gasteiger partial charge in [-0.05, 0) is 12.1 Å². The van der Waals surface area contributed by atoms with Gasteiger partial charge in [-0.25, -0.2) is 0 Å². The van der Waals surface area contributed by atoms with E-state index in [-0.39, 0.29) is 11.7 Å². The standard InChI is InChI=1S/C14H14N6OS2/c1-2-11-17-19-14(20(11)10-6-4-3-5-7-10)22-8-12(21)16-13-18-15-9-23-13/h3-7,9H,2,8H2,1H3,(H,16,18,21). The minimum atomic E-state index is -0.146. The number of thioether (sulfide) groups is 1. The largest absolute Gasteiger partial charge is 0.300 e. The quantitative estimate of drug-likeness (QED) is 0.690. The van der Waals surface area contributed by atoms with Crippen molar-refractivity contribution in [3.63, 3.8) is 0 Å². The lowest BCUT2D eigenvalue weighted by molar-refractivity contribution is -0.113. The molecule has 3 rings (SSSR count). The Morgan fingerprint density at radius 3 is 2.78 bits per heavy atom. The van der Waals surface area contributed by atoms with E-state index in [1.165, 1.54) is 23.1 Å². The van der Waals surface area contributed by atoms with Gasteiger partial charge in [-0.15, -0.1) is 20.4 Å². The SMILES string of the molecule is CCc1nnc(SCC(=O)Nc2nncs2)n1-c1ccccc1. The molecule has 118 valence electrons. The maximum atomic E-state index is 12.0. The molecule has 0 radical (unpaired) electrons. The van der Waals surface area contributed by atoms with Gasteiger partial charge in [0.15, 0.2) is 5.16 Å². The van der Waals surface area contributed by atoms with Gasteiger partial charge in [-0.3, -0.25) is 14.7 Å². The van der Waals surface area contributed by atoms with Crippen LogP contribution in [-0.2, 0) is 11.2 Å². The van der Waals surface area contributed by atoms with Crippen molar-refractivity contribution in [2.45, 2.75) is 18.5 Å². The van der Waals surface area contributed by atoms with Crippen LogP contribution in [0.15, 0.2) is 41.0 Å². The van der Waals surface area contributed by atoms with Crippen LogP contribution in [-0.4, -0.2) is 36.6 Å². The summed E-state index contributed by atoms with van der Waals surface area (Å²) in [5.74, 6) is 0.949. The molecule has 1 amide bonds. The average Bonchev–Trinajstić information content (AvgIpc) is 3.22. The van der Waals surface area contributed by atoms with E-state index in [9.17, 15) is 4.79 Å². The van der Waals surface area contributed by atoms with Gasteiger partial charge in [0.05, 0.1) is 5.75 Å². The lowest BCUT2D eigenvalue weighted by Crippen LogP contribution is -2.14. The molecule has 0 bridgehead atoms. The number of anilines is 1. The predicted molar refractivity (Wildman–Crippen MR) is 90.0 cm³/mol. The van der Waals surface area contributed by atoms with Crippen LogP contribution >= 0.6 is 23.1 Å². The fraction of sp³-hybridized carbons (Fsp3) is 0.214. The molecule has 0 unspecified atom stereocenters. The first-order valence-corrected chi connectivity index (χ1v) is 8.83. The fourth-order valence-corrected chi connectivity index (χ4v) is 3.20. The predicted octanol–water partition coefficient (Wildman–Crippen LogP) is 2.41. The van der Waals surface area contributed by atoms with Crippen molar-refractivity contribution in [3.8, 4) is 5.69 Å². The first kappa shape index (κ1) is 15.6. The molecule has 0 aliphatic carbocycles. The van der Waals surface area contributed by atoms with Crippen LogP contribution in [0.1, 0.15) is 12.7 Å². The van der Waals surface area contributed by atoms with Crippen molar-refractivity contribution in [1.29, 1.82) is 0 Å². The zero-order valence-corrected chi connectivity index (χ0v) is 14.0. The van der Waals surface area contributed by atoms with Crippen LogP contribution in [0.2, 0.25) is 0 Å². The molecule has 7 nitrogen and oxygen atoms in total. The molecule has 0 saturated heterocycles. The van der Waals surface area contributed by atoms with E-state index in [2.05, 4.69) is 25.7 Å². The third kappa shape index (κ3) is 3.74. The van der Waals surface area contributed by atoms with E-state index in [1.54, 1.807) is 5.51 Å². The van der Waals surface area contributed by atoms with Gasteiger partial charge in [-0.1, -0.05) is 48.2 Å². The second-order valence-electron chi connectivity index (χ2n) is 4.50. The number of carbonyl (C=O) groups excluding carboxylic acids is 1. The summed E-state index contributed by atoms with van der Waals surface area (Å²) in [6.07, 6.45) is 0.763. The van der Waals surface area contributed by atoms with Gasteiger partial charge in [-0.2, -0.15) is 0 Å². The van der Waals surface area contributed by atoms with Crippen LogP contribution in [0.4, 0.5) is 5.13 Å². The molecule has 0 spiro atoms. The molecule has 2 aromatic heterocycles. The maximum Gasteiger partial charge on any atom is 0.236 e. The number of rotatable bonds is 6. The lowest BCUT2D eigenvalue weighted by atomic mass is 10.3. The van der Waals surface area contributed by atoms with Crippen molar-refractivity contribution in [2.24, 2.45) is 0 Å². The summed E-state index contributed by atoms with van der Waals surface area (Å²) in [6.45, 7) is 2.03. The maximum absolute atomic E-state index is 12.0. The third-order valence-corrected chi connectivity index (χ3v) is 4.51. The smallest absolute Gasteiger partial charge is 0.236 e. The zero-order chi connectivity index (χ0) is 16.1. The molecule has 0 fully saturated rings. The van der Waals surface area contributed by atoms with Crippen molar-refractivity contribution >= 4 is 34.1 Å². The van der Waals surface area contributed by atoms with E-state index >= 15 is 0 Å². The van der Waals surface area contributed by atoms with E-state index in [4.69, 9.17) is 0 Å². The number of para-hydroxylation sites is 1. The monoisotopic (exact) mass is 346 g/mol. The van der Waals surface area contributed by atoms with Crippen LogP contribution in [0.25, 0.3) is 5.69 Å². The summed E-state index contributed by atoms with van der Waals surface area (Å²) in [7, 11) is 0. The van der Waals surface area contributed by atoms with E-state index in [0.29, 0.717) is 10.3 Å². The van der Waals surface area contributed by atoms with Gasteiger partial charge in [0.2, 0.25) is 11.0 Å². The van der Waals surface area contributed by atoms with Crippen molar-refractivity contribution in [3.05, 3.63) is 41.7 Å². The highest BCUT2D eigenvalue weighted by Gasteiger charge is 2.15. The Morgan fingerprint density at radius 2 is 2.09 bits per heavy atom. The van der Waals surface area contributed by atoms with E-state index in [0.717, 1.165) is 17.9 Å². The molecule has 0 saturated carbocycles. The third-order valence-electron chi connectivity index (χ3n) is 2.97. The number of benzene rings is 1. The number of aromatic nitrogens is 5. The zero-order valence-electron chi connectivity index (χ0n) is 12.3. The molecule has 1 N–H and O–H groups in total. The van der Waals surface area contributed by atoms with Crippen molar-refractivity contribution < 1.29 is 4.79 Å². The lowest BCUT2D eigenvalue weighted by Gasteiger charge is -2.08. The fourth-order valence-electron chi connectivity index (χ4n) is 1.97. The number of nitrogens with one attached hydrogen (secondary N) is 1. The minimum absolute atomic E-state index is 0.146. The Balaban J connectivity index is 1.73. The molecule has 23 heavy (non-hydrogen) atoms. The Hall–Kier alpha value is -2.26. The van der Waals surface area contributed by atoms with Gasteiger partial charge >= 0.3 is 0 Å². The Morgan fingerprint density at radius 1 is 1.26 bits per heavy atom. The summed E-state index contributed by atoms with van der Waals surface area (Å²) in [4.78, 5) is 12.0. The minimum Gasteiger partial charge on any atom is -0.300 e. The Labute approximate surface area is 141 Å². The molecule has 0 atom stereocenters. The molecule has 2 heterocycles. The topological polar surface area (TPSA) is 85.6 Å². The van der Waals surface area contributed by atoms with Crippen molar-refractivity contribution in [2.75, 3.05) is 11.1 Å². The Bertz CT molecular complexity index is 772. The molecule has 0 aliphatic heterocycles. The number of aryl methyl sites for hydroxylation is 1. The van der Waals surface area contributed by atoms with Crippen LogP contribution in [0.3, 0.4) is 0 Å². The van der Waals surface area contributed by atoms with Gasteiger partial charge in [0, 0.05) is 12.1 Å². The summed E-state index contributed by atoms with van der Waals surface area (Å²) in [5, 5.41) is 19.8. The van der Waals surface area contributed by atoms with E-state index < -0.39 is 0 Å². The number of nitrogens with zero attached hydrogens (tertiary/aromatic N) is 5. The molecule has 0 aliphatic rings. The number of hydrogen-bond acceptors (Lipinski definition) is 7. The van der Waals surface area contributed by atoms with Crippen LogP contribution < -0.4 is 5.32 Å². The molecule has 3 aromatic rings. The first-order valence-electron chi connectivity index (χ1n) is 6.96. The van der Waals surface area contributed by atoms with Crippen LogP contribution in [0.5, 0.6) is 0 Å². The van der Waals surface area contributed by atoms with Gasteiger partial charge in [0.1, 0.15) is 11.3 Å². The highest BCUT2D eigenvalue weighted by atomic mass is 32.2. The molecule has 1 aromatic carbocycles. The summed E-state index contributed by atoms with van der Waals surface area (Å²) >= 11 is 2.63. The number of hydrogen-bond donors (Lipinski definition) is 1. The first-order chi connectivity index (χ1) is 11.3. The summed E-state index contributed by atoms with van der Waals surface area (Å²) < 4.78 is 1.98.